The molecule has 1 radical (unpaired) electrons. The summed E-state index contributed by atoms with van der Waals surface area (Å²) in [4.78, 5) is 8.25. The summed E-state index contributed by atoms with van der Waals surface area (Å²) in [7, 11) is 0. The van der Waals surface area contributed by atoms with E-state index in [1.807, 2.05) is 0 Å². The van der Waals surface area contributed by atoms with Crippen LogP contribution in [0.3, 0.4) is 0 Å². The van der Waals surface area contributed by atoms with Crippen LogP contribution in [0.1, 0.15) is 0 Å². The van der Waals surface area contributed by atoms with Crippen LogP contribution in [0.4, 0.5) is 0 Å². The van der Waals surface area contributed by atoms with Gasteiger partial charge in [-0.15, -0.1) is 0 Å². The zero-order valence-electron chi connectivity index (χ0n) is 2.96. The Balaban J connectivity index is -0.0000000450. The third-order valence-corrected chi connectivity index (χ3v) is 0. The molecule has 0 aromatic heterocycles. The first kappa shape index (κ1) is 16.0. The molecule has 6 heteroatoms. The van der Waals surface area contributed by atoms with Gasteiger partial charge < -0.3 is 21.5 Å². The average Bonchev–Trinajstić information content (AvgIpc) is 0.811. The number of hydrogen-bond donors (Lipinski definition) is 1. The van der Waals surface area contributed by atoms with E-state index in [4.69, 9.17) is 15.3 Å². The van der Waals surface area contributed by atoms with Crippen LogP contribution in [0, 0.1) is 56.6 Å². The van der Waals surface area contributed by atoms with Gasteiger partial charge in [0.05, 0.1) is 5.09 Å². The number of nitrogens with zero attached hydrogens (tertiary/aromatic N) is 1. The van der Waals surface area contributed by atoms with E-state index in [9.17, 15) is 0 Å². The van der Waals surface area contributed by atoms with E-state index >= 15 is 0 Å². The van der Waals surface area contributed by atoms with Crippen LogP contribution in [0.2, 0.25) is 0 Å². The third kappa shape index (κ3) is 205. The van der Waals surface area contributed by atoms with Gasteiger partial charge in [-0.1, -0.05) is 0 Å². The zero-order chi connectivity index (χ0) is 3.58. The minimum atomic E-state index is -1.75. The Bertz CT molecular complexity index is 31.8. The van der Waals surface area contributed by atoms with E-state index in [1.54, 1.807) is 0 Å². The summed E-state index contributed by atoms with van der Waals surface area (Å²) >= 11 is 0. The largest absolute Gasteiger partial charge is 0.356 e. The Morgan fingerprint density at radius 3 is 1.33 bits per heavy atom. The van der Waals surface area contributed by atoms with Gasteiger partial charge in [-0.05, 0) is 0 Å². The Morgan fingerprint density at radius 1 is 1.33 bits per heavy atom. The maximum Gasteiger partial charge on any atom is 0.0689 e. The average molecular weight is 220 g/mol. The Labute approximate surface area is 67.4 Å². The van der Waals surface area contributed by atoms with Crippen LogP contribution in [0.25, 0.3) is 0 Å². The SMILES string of the molecule is N.O=[N+]([O-])[O-].[Pr]. The molecule has 0 aliphatic heterocycles. The molecular weight excluding hydrogens is 217 g/mol. The molecule has 0 aromatic rings. The molecule has 3 N–H and O–H groups in total. The summed E-state index contributed by atoms with van der Waals surface area (Å²) in [5.74, 6) is 0. The fourth-order valence-electron chi connectivity index (χ4n) is 0. The molecule has 5 nitrogen and oxygen atoms in total. The second-order valence-electron chi connectivity index (χ2n) is 0.224. The molecule has 6 heavy (non-hydrogen) atoms. The van der Waals surface area contributed by atoms with E-state index in [0.717, 1.165) is 0 Å². The monoisotopic (exact) mass is 220 g/mol. The van der Waals surface area contributed by atoms with E-state index in [2.05, 4.69) is 0 Å². The van der Waals surface area contributed by atoms with Gasteiger partial charge in [-0.25, -0.2) is 0 Å². The van der Waals surface area contributed by atoms with Crippen molar-refractivity contribution in [2.75, 3.05) is 0 Å². The molecule has 0 heterocycles. The van der Waals surface area contributed by atoms with Gasteiger partial charge in [0.25, 0.3) is 0 Å². The maximum atomic E-state index is 8.25. The molecule has 35 valence electrons. The first-order valence-electron chi connectivity index (χ1n) is 0.548. The van der Waals surface area contributed by atoms with Crippen molar-refractivity contribution in [3.63, 3.8) is 0 Å². The van der Waals surface area contributed by atoms with E-state index in [1.165, 1.54) is 0 Å². The standard InChI is InChI=1S/NO3.H3N.Pr/c2-1(3)4;;/h;1H3;/q-1;;. The van der Waals surface area contributed by atoms with Crippen LogP contribution < -0.4 is 6.15 Å². The predicted molar refractivity (Wildman–Crippen MR) is 15.4 cm³/mol. The molecule has 0 amide bonds. The molecule has 0 bridgehead atoms. The van der Waals surface area contributed by atoms with Gasteiger partial charge in [-0.3, -0.25) is 0 Å². The summed E-state index contributed by atoms with van der Waals surface area (Å²) in [5, 5.41) is 14.8. The van der Waals surface area contributed by atoms with Crippen molar-refractivity contribution in [2.24, 2.45) is 0 Å². The molecule has 0 saturated carbocycles. The van der Waals surface area contributed by atoms with E-state index in [0.29, 0.717) is 0 Å². The van der Waals surface area contributed by atoms with E-state index in [-0.39, 0.29) is 47.4 Å². The molecular formula is H3N2O3Pr-. The maximum absolute atomic E-state index is 8.25. The Morgan fingerprint density at radius 2 is 1.33 bits per heavy atom. The van der Waals surface area contributed by atoms with Gasteiger partial charge in [0.1, 0.15) is 0 Å². The van der Waals surface area contributed by atoms with Crippen LogP contribution in [0.5, 0.6) is 0 Å². The van der Waals surface area contributed by atoms with Gasteiger partial charge >= 0.3 is 0 Å². The van der Waals surface area contributed by atoms with Crippen molar-refractivity contribution in [1.29, 1.82) is 0 Å². The molecule has 0 aromatic carbocycles. The van der Waals surface area contributed by atoms with Crippen LogP contribution in [0.15, 0.2) is 0 Å². The van der Waals surface area contributed by atoms with E-state index < -0.39 is 5.09 Å². The van der Waals surface area contributed by atoms with Gasteiger partial charge in [0.15, 0.2) is 0 Å². The summed E-state index contributed by atoms with van der Waals surface area (Å²) < 4.78 is 0. The molecule has 0 atom stereocenters. The minimum Gasteiger partial charge on any atom is -0.356 e. The zero-order valence-corrected chi connectivity index (χ0v) is 6.66. The summed E-state index contributed by atoms with van der Waals surface area (Å²) in [6.45, 7) is 0. The topological polar surface area (TPSA) is 101 Å². The fraction of sp³-hybridized carbons (Fsp3) is 0. The predicted octanol–water partition coefficient (Wildman–Crippen LogP) is -0.0771. The third-order valence-electron chi connectivity index (χ3n) is 0. The van der Waals surface area contributed by atoms with Crippen molar-refractivity contribution < 1.29 is 46.4 Å². The molecule has 0 aliphatic carbocycles. The number of rotatable bonds is 0. The molecule has 0 unspecified atom stereocenters. The summed E-state index contributed by atoms with van der Waals surface area (Å²) in [5.41, 5.74) is 0. The van der Waals surface area contributed by atoms with Gasteiger partial charge in [0, 0.05) is 41.3 Å². The molecule has 0 aliphatic rings. The quantitative estimate of drug-likeness (QED) is 0.455. The Hall–Kier alpha value is 0.524. The molecule has 0 rings (SSSR count). The van der Waals surface area contributed by atoms with Crippen molar-refractivity contribution >= 4 is 0 Å². The first-order chi connectivity index (χ1) is 1.73. The van der Waals surface area contributed by atoms with Crippen LogP contribution >= 0.6 is 0 Å². The van der Waals surface area contributed by atoms with Crippen molar-refractivity contribution in [3.05, 3.63) is 15.3 Å². The smallest absolute Gasteiger partial charge is 0.0689 e. The van der Waals surface area contributed by atoms with Crippen molar-refractivity contribution in [3.8, 4) is 0 Å². The van der Waals surface area contributed by atoms with Crippen LogP contribution in [-0.4, -0.2) is 5.09 Å². The molecule has 0 saturated heterocycles. The van der Waals surface area contributed by atoms with Crippen LogP contribution in [-0.2, 0) is 0 Å². The minimum absolute atomic E-state index is 0. The number of hydrogen-bond acceptors (Lipinski definition) is 4. The Kier molecular flexibility index (Phi) is 24.3. The first-order valence-corrected chi connectivity index (χ1v) is 0.548. The van der Waals surface area contributed by atoms with Crippen molar-refractivity contribution in [2.45, 2.75) is 0 Å². The molecule has 0 fully saturated rings. The normalized spacial score (nSPS) is 4.00. The van der Waals surface area contributed by atoms with Gasteiger partial charge in [0.2, 0.25) is 0 Å². The summed E-state index contributed by atoms with van der Waals surface area (Å²) in [6, 6.07) is 0. The molecule has 0 spiro atoms. The fourth-order valence-corrected chi connectivity index (χ4v) is 0. The van der Waals surface area contributed by atoms with Crippen molar-refractivity contribution in [1.82, 2.24) is 6.15 Å². The van der Waals surface area contributed by atoms with Gasteiger partial charge in [-0.2, -0.15) is 0 Å². The summed E-state index contributed by atoms with van der Waals surface area (Å²) in [6.07, 6.45) is 0. The second kappa shape index (κ2) is 9.10. The second-order valence-corrected chi connectivity index (χ2v) is 0.224.